The first-order valence-corrected chi connectivity index (χ1v) is 6.56. The van der Waals surface area contributed by atoms with Gasteiger partial charge < -0.3 is 10.1 Å². The van der Waals surface area contributed by atoms with Crippen LogP contribution in [0.2, 0.25) is 0 Å². The van der Waals surface area contributed by atoms with E-state index in [-0.39, 0.29) is 6.10 Å². The van der Waals surface area contributed by atoms with Crippen LogP contribution in [0.5, 0.6) is 5.75 Å². The highest BCUT2D eigenvalue weighted by Gasteiger charge is 2.55. The summed E-state index contributed by atoms with van der Waals surface area (Å²) in [5.41, 5.74) is 1.73. The smallest absolute Gasteiger partial charge is 0.138 e. The van der Waals surface area contributed by atoms with Crippen molar-refractivity contribution in [1.29, 1.82) is 0 Å². The third-order valence-corrected chi connectivity index (χ3v) is 3.86. The lowest BCUT2D eigenvalue weighted by atomic mass is 10.1. The van der Waals surface area contributed by atoms with Gasteiger partial charge in [-0.25, -0.2) is 0 Å². The number of ether oxygens (including phenoxy) is 1. The van der Waals surface area contributed by atoms with E-state index in [1.807, 2.05) is 20.0 Å². The molecule has 2 heterocycles. The number of pyridine rings is 1. The van der Waals surface area contributed by atoms with Gasteiger partial charge in [0.1, 0.15) is 5.75 Å². The second kappa shape index (κ2) is 3.98. The highest BCUT2D eigenvalue weighted by Crippen LogP contribution is 2.56. The molecule has 0 bridgehead atoms. The van der Waals surface area contributed by atoms with Gasteiger partial charge in [0, 0.05) is 17.7 Å². The van der Waals surface area contributed by atoms with Crippen LogP contribution in [0.1, 0.15) is 44.6 Å². The Morgan fingerprint density at radius 2 is 2.35 bits per heavy atom. The Kier molecular flexibility index (Phi) is 2.58. The van der Waals surface area contributed by atoms with Crippen molar-refractivity contribution in [2.75, 3.05) is 6.54 Å². The standard InChI is InChI=1S/C14H20N2O/c1-10(2)17-12-6-11(8-15-9-12)13-7-14(13)4-3-5-16-14/h6,8-10,13,16H,3-5,7H2,1-2H3. The van der Waals surface area contributed by atoms with Crippen LogP contribution in [-0.2, 0) is 0 Å². The minimum atomic E-state index is 0.213. The van der Waals surface area contributed by atoms with Crippen LogP contribution in [0.25, 0.3) is 0 Å². The summed E-state index contributed by atoms with van der Waals surface area (Å²) in [6.07, 6.45) is 7.90. The molecule has 1 saturated heterocycles. The zero-order valence-electron chi connectivity index (χ0n) is 10.6. The average Bonchev–Trinajstić information content (AvgIpc) is 2.76. The molecule has 1 N–H and O–H groups in total. The first-order valence-electron chi connectivity index (χ1n) is 6.56. The molecular formula is C14H20N2O. The second-order valence-corrected chi connectivity index (χ2v) is 5.56. The van der Waals surface area contributed by atoms with Crippen LogP contribution in [-0.4, -0.2) is 23.2 Å². The summed E-state index contributed by atoms with van der Waals surface area (Å²) in [6, 6.07) is 2.16. The molecule has 1 saturated carbocycles. The molecule has 2 atom stereocenters. The van der Waals surface area contributed by atoms with Crippen molar-refractivity contribution in [3.63, 3.8) is 0 Å². The fourth-order valence-electron chi connectivity index (χ4n) is 3.01. The summed E-state index contributed by atoms with van der Waals surface area (Å²) in [4.78, 5) is 4.30. The van der Waals surface area contributed by atoms with E-state index in [1.165, 1.54) is 31.4 Å². The molecule has 92 valence electrons. The fraction of sp³-hybridized carbons (Fsp3) is 0.643. The van der Waals surface area contributed by atoms with E-state index in [1.54, 1.807) is 6.20 Å². The van der Waals surface area contributed by atoms with Gasteiger partial charge >= 0.3 is 0 Å². The maximum atomic E-state index is 5.70. The Balaban J connectivity index is 1.76. The molecule has 2 fully saturated rings. The number of hydrogen-bond acceptors (Lipinski definition) is 3. The largest absolute Gasteiger partial charge is 0.489 e. The van der Waals surface area contributed by atoms with E-state index in [2.05, 4.69) is 16.4 Å². The van der Waals surface area contributed by atoms with Gasteiger partial charge in [0.2, 0.25) is 0 Å². The van der Waals surface area contributed by atoms with E-state index in [4.69, 9.17) is 4.74 Å². The molecule has 3 nitrogen and oxygen atoms in total. The zero-order chi connectivity index (χ0) is 11.9. The maximum Gasteiger partial charge on any atom is 0.138 e. The highest BCUT2D eigenvalue weighted by molar-refractivity contribution is 5.36. The molecule has 1 aliphatic heterocycles. The van der Waals surface area contributed by atoms with Crippen LogP contribution in [0.4, 0.5) is 0 Å². The second-order valence-electron chi connectivity index (χ2n) is 5.56. The van der Waals surface area contributed by atoms with Gasteiger partial charge in [0.15, 0.2) is 0 Å². The van der Waals surface area contributed by atoms with E-state index < -0.39 is 0 Å². The highest BCUT2D eigenvalue weighted by atomic mass is 16.5. The molecule has 1 spiro atoms. The molecule has 1 aliphatic carbocycles. The summed E-state index contributed by atoms with van der Waals surface area (Å²) >= 11 is 0. The number of nitrogens with zero attached hydrogens (tertiary/aromatic N) is 1. The molecule has 0 aromatic carbocycles. The molecule has 1 aromatic rings. The molecule has 0 radical (unpaired) electrons. The zero-order valence-corrected chi connectivity index (χ0v) is 10.6. The molecule has 17 heavy (non-hydrogen) atoms. The van der Waals surface area contributed by atoms with Crippen molar-refractivity contribution in [3.8, 4) is 5.75 Å². The molecule has 3 heteroatoms. The minimum Gasteiger partial charge on any atom is -0.489 e. The van der Waals surface area contributed by atoms with E-state index in [0.717, 1.165) is 5.75 Å². The predicted molar refractivity (Wildman–Crippen MR) is 67.3 cm³/mol. The molecule has 2 unspecified atom stereocenters. The van der Waals surface area contributed by atoms with Crippen molar-refractivity contribution in [2.24, 2.45) is 0 Å². The van der Waals surface area contributed by atoms with Crippen LogP contribution in [0, 0.1) is 0 Å². The normalized spacial score (nSPS) is 31.1. The fourth-order valence-corrected chi connectivity index (χ4v) is 3.01. The van der Waals surface area contributed by atoms with E-state index in [0.29, 0.717) is 11.5 Å². The lowest BCUT2D eigenvalue weighted by Gasteiger charge is -2.12. The van der Waals surface area contributed by atoms with Crippen molar-refractivity contribution < 1.29 is 4.74 Å². The third kappa shape index (κ3) is 2.04. The van der Waals surface area contributed by atoms with Crippen LogP contribution < -0.4 is 10.1 Å². The van der Waals surface area contributed by atoms with Gasteiger partial charge in [0.25, 0.3) is 0 Å². The van der Waals surface area contributed by atoms with E-state index in [9.17, 15) is 0 Å². The van der Waals surface area contributed by atoms with Gasteiger partial charge in [-0.2, -0.15) is 0 Å². The topological polar surface area (TPSA) is 34.1 Å². The molecular weight excluding hydrogens is 212 g/mol. The van der Waals surface area contributed by atoms with Gasteiger partial charge in [-0.05, 0) is 51.3 Å². The van der Waals surface area contributed by atoms with Crippen LogP contribution in [0.15, 0.2) is 18.5 Å². The summed E-state index contributed by atoms with van der Waals surface area (Å²) in [7, 11) is 0. The van der Waals surface area contributed by atoms with Crippen molar-refractivity contribution >= 4 is 0 Å². The number of hydrogen-bond donors (Lipinski definition) is 1. The first-order chi connectivity index (χ1) is 8.20. The van der Waals surface area contributed by atoms with Crippen LogP contribution >= 0.6 is 0 Å². The van der Waals surface area contributed by atoms with Crippen molar-refractivity contribution in [3.05, 3.63) is 24.0 Å². The van der Waals surface area contributed by atoms with Gasteiger partial charge in [-0.3, -0.25) is 4.98 Å². The SMILES string of the molecule is CC(C)Oc1cncc(C2CC23CCCN3)c1. The monoisotopic (exact) mass is 232 g/mol. The first kappa shape index (κ1) is 11.0. The minimum absolute atomic E-state index is 0.213. The van der Waals surface area contributed by atoms with Crippen LogP contribution in [0.3, 0.4) is 0 Å². The molecule has 2 aliphatic rings. The van der Waals surface area contributed by atoms with E-state index >= 15 is 0 Å². The Bertz CT molecular complexity index is 410. The number of rotatable bonds is 3. The quantitative estimate of drug-likeness (QED) is 0.869. The number of nitrogens with one attached hydrogen (secondary N) is 1. The van der Waals surface area contributed by atoms with Gasteiger partial charge in [-0.1, -0.05) is 0 Å². The summed E-state index contributed by atoms with van der Waals surface area (Å²) in [6.45, 7) is 5.26. The summed E-state index contributed by atoms with van der Waals surface area (Å²) in [5, 5.41) is 3.65. The van der Waals surface area contributed by atoms with Crippen molar-refractivity contribution in [1.82, 2.24) is 10.3 Å². The van der Waals surface area contributed by atoms with Gasteiger partial charge in [0.05, 0.1) is 12.3 Å². The summed E-state index contributed by atoms with van der Waals surface area (Å²) in [5.74, 6) is 1.55. The third-order valence-electron chi connectivity index (χ3n) is 3.86. The Hall–Kier alpha value is -1.09. The lowest BCUT2D eigenvalue weighted by Crippen LogP contribution is -2.25. The predicted octanol–water partition coefficient (Wildman–Crippen LogP) is 2.48. The van der Waals surface area contributed by atoms with Crippen molar-refractivity contribution in [2.45, 2.75) is 50.7 Å². The lowest BCUT2D eigenvalue weighted by molar-refractivity contribution is 0.241. The van der Waals surface area contributed by atoms with Gasteiger partial charge in [-0.15, -0.1) is 0 Å². The number of aromatic nitrogens is 1. The average molecular weight is 232 g/mol. The Morgan fingerprint density at radius 3 is 3.06 bits per heavy atom. The molecule has 1 aromatic heterocycles. The summed E-state index contributed by atoms with van der Waals surface area (Å²) < 4.78 is 5.70. The molecule has 3 rings (SSSR count). The Morgan fingerprint density at radius 1 is 1.47 bits per heavy atom. The maximum absolute atomic E-state index is 5.70. The molecule has 0 amide bonds. The Labute approximate surface area is 103 Å².